The third kappa shape index (κ3) is 2.20. The van der Waals surface area contributed by atoms with Crippen LogP contribution < -0.4 is 21.3 Å². The van der Waals surface area contributed by atoms with Gasteiger partial charge in [0, 0.05) is 5.22 Å². The Balaban J connectivity index is 4.09. The Morgan fingerprint density at radius 3 is 2.33 bits per heavy atom. The van der Waals surface area contributed by atoms with Crippen LogP contribution in [0.25, 0.3) is 24.0 Å². The van der Waals surface area contributed by atoms with Gasteiger partial charge in [-0.05, 0) is 39.0 Å². The van der Waals surface area contributed by atoms with Crippen molar-refractivity contribution < 1.29 is 4.42 Å². The lowest BCUT2D eigenvalue weighted by atomic mass is 10.3. The van der Waals surface area contributed by atoms with E-state index in [2.05, 4.69) is 12.3 Å². The molecular weight excluding hydrogens is 184 g/mol. The van der Waals surface area contributed by atoms with Crippen LogP contribution in [0.15, 0.2) is 23.1 Å². The molecule has 1 heteroatoms. The lowest BCUT2D eigenvalue weighted by Gasteiger charge is -1.72. The normalized spacial score (nSPS) is 14.2. The fraction of sp³-hybridized carbons (Fsp3) is 0.214. The fourth-order valence-corrected chi connectivity index (χ4v) is 1.50. The minimum absolute atomic E-state index is 0.810. The van der Waals surface area contributed by atoms with E-state index in [9.17, 15) is 0 Å². The summed E-state index contributed by atoms with van der Waals surface area (Å²) < 4.78 is 5.68. The summed E-state index contributed by atoms with van der Waals surface area (Å²) in [6.07, 6.45) is 9.45. The molecule has 0 spiro atoms. The highest BCUT2D eigenvalue weighted by molar-refractivity contribution is 5.37. The molecule has 1 rings (SSSR count). The van der Waals surface area contributed by atoms with Crippen LogP contribution in [-0.4, -0.2) is 0 Å². The van der Waals surface area contributed by atoms with Gasteiger partial charge in [0.1, 0.15) is 10.8 Å². The standard InChI is InChI=1S/C14H16O/c1-5-9-12-11(7-3)13(8-4)15-14(12)10-6-2/h5-8,10H,2H2,1,3-4H3/b11-7-,13-8+,14-10+. The molecule has 0 saturated carbocycles. The summed E-state index contributed by atoms with van der Waals surface area (Å²) in [6.45, 7) is 9.58. The maximum absolute atomic E-state index is 5.68. The predicted molar refractivity (Wildman–Crippen MR) is 65.8 cm³/mol. The molecule has 0 aliphatic heterocycles. The van der Waals surface area contributed by atoms with E-state index in [0.29, 0.717) is 0 Å². The van der Waals surface area contributed by atoms with Crippen molar-refractivity contribution >= 4 is 24.0 Å². The van der Waals surface area contributed by atoms with E-state index in [1.54, 1.807) is 6.08 Å². The largest absolute Gasteiger partial charge is 0.456 e. The number of rotatable bonds is 1. The molecule has 0 N–H and O–H groups in total. The molecule has 1 nitrogen and oxygen atoms in total. The van der Waals surface area contributed by atoms with Crippen molar-refractivity contribution in [3.8, 4) is 0 Å². The zero-order chi connectivity index (χ0) is 11.3. The third-order valence-electron chi connectivity index (χ3n) is 2.11. The molecule has 0 amide bonds. The number of hydrogen-bond donors (Lipinski definition) is 0. The summed E-state index contributed by atoms with van der Waals surface area (Å²) in [4.78, 5) is 0. The molecule has 1 aromatic heterocycles. The topological polar surface area (TPSA) is 13.1 Å². The highest BCUT2D eigenvalue weighted by Crippen LogP contribution is 1.65. The van der Waals surface area contributed by atoms with Gasteiger partial charge in [0.2, 0.25) is 0 Å². The van der Waals surface area contributed by atoms with Crippen molar-refractivity contribution in [2.45, 2.75) is 20.8 Å². The Labute approximate surface area is 89.7 Å². The Morgan fingerprint density at radius 2 is 1.87 bits per heavy atom. The van der Waals surface area contributed by atoms with E-state index in [0.717, 1.165) is 21.3 Å². The summed E-state index contributed by atoms with van der Waals surface area (Å²) >= 11 is 0. The molecule has 0 atom stereocenters. The summed E-state index contributed by atoms with van der Waals surface area (Å²) in [5.41, 5.74) is 4.88. The van der Waals surface area contributed by atoms with Gasteiger partial charge in [0.05, 0.1) is 5.22 Å². The molecule has 0 bridgehead atoms. The van der Waals surface area contributed by atoms with Crippen LogP contribution in [-0.2, 0) is 0 Å². The molecule has 1 heterocycles. The van der Waals surface area contributed by atoms with Crippen molar-refractivity contribution in [1.29, 1.82) is 0 Å². The number of allylic oxidation sites excluding steroid dienone is 2. The van der Waals surface area contributed by atoms with Gasteiger partial charge in [-0.2, -0.15) is 0 Å². The van der Waals surface area contributed by atoms with E-state index >= 15 is 0 Å². The predicted octanol–water partition coefficient (Wildman–Crippen LogP) is 0.802. The van der Waals surface area contributed by atoms with Gasteiger partial charge in [-0.25, -0.2) is 0 Å². The lowest BCUT2D eigenvalue weighted by Crippen LogP contribution is -2.36. The molecule has 0 aliphatic carbocycles. The second-order valence-corrected chi connectivity index (χ2v) is 3.03. The first-order chi connectivity index (χ1) is 7.28. The summed E-state index contributed by atoms with van der Waals surface area (Å²) in [7, 11) is 0. The highest BCUT2D eigenvalue weighted by Gasteiger charge is 1.94. The van der Waals surface area contributed by atoms with Crippen molar-refractivity contribution in [1.82, 2.24) is 0 Å². The molecule has 0 unspecified atom stereocenters. The van der Waals surface area contributed by atoms with Crippen molar-refractivity contribution in [3.63, 3.8) is 0 Å². The third-order valence-corrected chi connectivity index (χ3v) is 2.11. The van der Waals surface area contributed by atoms with E-state index in [4.69, 9.17) is 4.42 Å². The molecule has 0 fully saturated rings. The summed E-state index contributed by atoms with van der Waals surface area (Å²) in [6, 6.07) is 0. The lowest BCUT2D eigenvalue weighted by molar-refractivity contribution is 0.498. The van der Waals surface area contributed by atoms with Crippen LogP contribution in [0.5, 0.6) is 0 Å². The average Bonchev–Trinajstić information content (AvgIpc) is 2.57. The molecule has 0 aromatic carbocycles. The molecule has 0 aliphatic rings. The minimum atomic E-state index is 0.810. The zero-order valence-electron chi connectivity index (χ0n) is 9.50. The van der Waals surface area contributed by atoms with Crippen LogP contribution >= 0.6 is 0 Å². The Bertz CT molecular complexity index is 606. The van der Waals surface area contributed by atoms with Gasteiger partial charge in [0.25, 0.3) is 0 Å². The van der Waals surface area contributed by atoms with Crippen LogP contribution in [0.4, 0.5) is 0 Å². The first kappa shape index (κ1) is 11.4. The molecule has 78 valence electrons. The molecule has 0 saturated heterocycles. The Kier molecular flexibility index (Phi) is 3.96. The quantitative estimate of drug-likeness (QED) is 0.653. The van der Waals surface area contributed by atoms with Gasteiger partial charge >= 0.3 is 0 Å². The number of hydrogen-bond acceptors (Lipinski definition) is 1. The van der Waals surface area contributed by atoms with Crippen LogP contribution in [0.1, 0.15) is 20.8 Å². The van der Waals surface area contributed by atoms with Crippen molar-refractivity contribution in [2.75, 3.05) is 0 Å². The Hall–Kier alpha value is -1.72. The second-order valence-electron chi connectivity index (χ2n) is 3.03. The SMILES string of the molecule is C=C/C=c1/oc(=C/C)/c(=C\C)c1=C=CC. The smallest absolute Gasteiger partial charge is 0.143 e. The van der Waals surface area contributed by atoms with Gasteiger partial charge in [-0.15, -0.1) is 5.73 Å². The van der Waals surface area contributed by atoms with Crippen molar-refractivity contribution in [2.24, 2.45) is 0 Å². The minimum Gasteiger partial charge on any atom is -0.456 e. The Morgan fingerprint density at radius 1 is 1.13 bits per heavy atom. The molecule has 15 heavy (non-hydrogen) atoms. The summed E-state index contributed by atoms with van der Waals surface area (Å²) in [5.74, 6) is 0. The van der Waals surface area contributed by atoms with E-state index in [-0.39, 0.29) is 0 Å². The maximum atomic E-state index is 5.68. The monoisotopic (exact) mass is 200 g/mol. The zero-order valence-corrected chi connectivity index (χ0v) is 9.50. The molecule has 1 aromatic rings. The first-order valence-corrected chi connectivity index (χ1v) is 5.04. The van der Waals surface area contributed by atoms with Gasteiger partial charge in [0.15, 0.2) is 0 Å². The van der Waals surface area contributed by atoms with E-state index in [1.807, 2.05) is 45.1 Å². The maximum Gasteiger partial charge on any atom is 0.143 e. The molecular formula is C14H16O. The molecule has 0 radical (unpaired) electrons. The fourth-order valence-electron chi connectivity index (χ4n) is 1.50. The highest BCUT2D eigenvalue weighted by atomic mass is 16.3. The van der Waals surface area contributed by atoms with Crippen molar-refractivity contribution in [3.05, 3.63) is 40.0 Å². The van der Waals surface area contributed by atoms with Crippen LogP contribution in [0.3, 0.4) is 0 Å². The van der Waals surface area contributed by atoms with E-state index < -0.39 is 0 Å². The number of furan rings is 1. The second kappa shape index (κ2) is 5.23. The average molecular weight is 200 g/mol. The summed E-state index contributed by atoms with van der Waals surface area (Å²) in [5, 5.41) is 2.08. The van der Waals surface area contributed by atoms with Crippen LogP contribution in [0.2, 0.25) is 0 Å². The van der Waals surface area contributed by atoms with Crippen LogP contribution in [0, 0.1) is 0 Å². The first-order valence-electron chi connectivity index (χ1n) is 5.04. The van der Waals surface area contributed by atoms with Gasteiger partial charge in [-0.3, -0.25) is 0 Å². The van der Waals surface area contributed by atoms with E-state index in [1.165, 1.54) is 0 Å². The van der Waals surface area contributed by atoms with Gasteiger partial charge in [-0.1, -0.05) is 18.7 Å². The van der Waals surface area contributed by atoms with Gasteiger partial charge < -0.3 is 4.42 Å².